The molecule has 4 nitrogen and oxygen atoms in total. The molecule has 23 heavy (non-hydrogen) atoms. The fourth-order valence-corrected chi connectivity index (χ4v) is 2.76. The molecule has 118 valence electrons. The summed E-state index contributed by atoms with van der Waals surface area (Å²) in [7, 11) is 0. The van der Waals surface area contributed by atoms with Crippen LogP contribution in [0.5, 0.6) is 11.5 Å². The molecule has 3 N–H and O–H groups in total. The molecule has 1 aliphatic carbocycles. The summed E-state index contributed by atoms with van der Waals surface area (Å²) >= 11 is 0. The first-order valence-electron chi connectivity index (χ1n) is 7.57. The lowest BCUT2D eigenvalue weighted by Gasteiger charge is -2.12. The van der Waals surface area contributed by atoms with E-state index in [1.165, 1.54) is 12.1 Å². The fraction of sp³-hybridized carbons (Fsp3) is 0.211. The topological polar surface area (TPSA) is 77.8 Å². The summed E-state index contributed by atoms with van der Waals surface area (Å²) in [6, 6.07) is 10.2. The number of phenols is 2. The van der Waals surface area contributed by atoms with Crippen LogP contribution in [0.15, 0.2) is 48.6 Å². The van der Waals surface area contributed by atoms with Crippen LogP contribution in [-0.4, -0.2) is 27.2 Å². The van der Waals surface area contributed by atoms with E-state index in [4.69, 9.17) is 0 Å². The maximum absolute atomic E-state index is 11.9. The van der Waals surface area contributed by atoms with E-state index in [-0.39, 0.29) is 23.7 Å². The predicted molar refractivity (Wildman–Crippen MR) is 87.4 cm³/mol. The van der Waals surface area contributed by atoms with Gasteiger partial charge in [0.05, 0.1) is 0 Å². The van der Waals surface area contributed by atoms with Crippen molar-refractivity contribution in [1.82, 2.24) is 0 Å². The van der Waals surface area contributed by atoms with E-state index in [1.54, 1.807) is 24.3 Å². The maximum atomic E-state index is 11.9. The summed E-state index contributed by atoms with van der Waals surface area (Å²) < 4.78 is 0. The third-order valence-electron chi connectivity index (χ3n) is 4.05. The van der Waals surface area contributed by atoms with Gasteiger partial charge in [0.2, 0.25) is 0 Å². The summed E-state index contributed by atoms with van der Waals surface area (Å²) in [6.07, 6.45) is 3.59. The van der Waals surface area contributed by atoms with Gasteiger partial charge in [0.15, 0.2) is 5.78 Å². The van der Waals surface area contributed by atoms with Crippen LogP contribution in [0.25, 0.3) is 11.1 Å². The van der Waals surface area contributed by atoms with Gasteiger partial charge in [0, 0.05) is 17.5 Å². The van der Waals surface area contributed by atoms with E-state index in [1.807, 2.05) is 12.1 Å². The smallest absolute Gasteiger partial charge is 0.184 e. The highest BCUT2D eigenvalue weighted by Crippen LogP contribution is 2.37. The Morgan fingerprint density at radius 3 is 2.22 bits per heavy atom. The standard InChI is InChI=1S/C19H18O4/c20-16-7-5-12-3-1-2-4-18(22)19(23)11-13-6-8-17(21)15(10-13)14(16)9-12/h2,4-10,19-21,23H,1,3,11H2/b4-2+/t19-/m1/s1. The van der Waals surface area contributed by atoms with Crippen LogP contribution >= 0.6 is 0 Å². The van der Waals surface area contributed by atoms with Crippen molar-refractivity contribution in [2.24, 2.45) is 0 Å². The Morgan fingerprint density at radius 1 is 0.913 bits per heavy atom. The van der Waals surface area contributed by atoms with Crippen molar-refractivity contribution >= 4 is 5.78 Å². The van der Waals surface area contributed by atoms with E-state index in [2.05, 4.69) is 0 Å². The Balaban J connectivity index is 2.14. The summed E-state index contributed by atoms with van der Waals surface area (Å²) in [5, 5.41) is 30.3. The number of rotatable bonds is 0. The van der Waals surface area contributed by atoms with Gasteiger partial charge in [0.25, 0.3) is 0 Å². The normalized spacial score (nSPS) is 19.3. The highest BCUT2D eigenvalue weighted by molar-refractivity contribution is 5.93. The van der Waals surface area contributed by atoms with Gasteiger partial charge in [-0.25, -0.2) is 0 Å². The molecule has 1 aliphatic rings. The Labute approximate surface area is 134 Å². The summed E-state index contributed by atoms with van der Waals surface area (Å²) in [5.41, 5.74) is 2.76. The van der Waals surface area contributed by atoms with Gasteiger partial charge in [-0.3, -0.25) is 4.79 Å². The number of benzene rings is 2. The number of aliphatic hydroxyl groups excluding tert-OH is 1. The van der Waals surface area contributed by atoms with Crippen molar-refractivity contribution in [3.63, 3.8) is 0 Å². The van der Waals surface area contributed by atoms with Crippen LogP contribution in [0, 0.1) is 0 Å². The molecule has 0 saturated carbocycles. The Bertz CT molecular complexity index is 777. The van der Waals surface area contributed by atoms with Gasteiger partial charge in [-0.05, 0) is 54.3 Å². The molecule has 0 unspecified atom stereocenters. The van der Waals surface area contributed by atoms with E-state index in [0.29, 0.717) is 24.0 Å². The Kier molecular flexibility index (Phi) is 4.17. The number of carbonyl (C=O) groups is 1. The molecule has 2 aromatic carbocycles. The third-order valence-corrected chi connectivity index (χ3v) is 4.05. The van der Waals surface area contributed by atoms with E-state index in [0.717, 1.165) is 11.1 Å². The lowest BCUT2D eigenvalue weighted by atomic mass is 9.96. The van der Waals surface area contributed by atoms with Crippen molar-refractivity contribution < 1.29 is 20.1 Å². The summed E-state index contributed by atoms with van der Waals surface area (Å²) in [6.45, 7) is 0. The highest BCUT2D eigenvalue weighted by atomic mass is 16.3. The van der Waals surface area contributed by atoms with E-state index in [9.17, 15) is 20.1 Å². The Morgan fingerprint density at radius 2 is 1.52 bits per heavy atom. The van der Waals surface area contributed by atoms with Crippen molar-refractivity contribution in [3.05, 3.63) is 59.7 Å². The van der Waals surface area contributed by atoms with Gasteiger partial charge >= 0.3 is 0 Å². The number of carbonyl (C=O) groups excluding carboxylic acids is 1. The molecule has 0 heterocycles. The number of aryl methyl sites for hydroxylation is 1. The predicted octanol–water partition coefficient (Wildman–Crippen LogP) is 2.74. The number of aromatic hydroxyl groups is 2. The number of hydrogen-bond acceptors (Lipinski definition) is 4. The second-order valence-electron chi connectivity index (χ2n) is 5.77. The summed E-state index contributed by atoms with van der Waals surface area (Å²) in [5.74, 6) is -0.188. The van der Waals surface area contributed by atoms with Gasteiger partial charge < -0.3 is 15.3 Å². The molecule has 2 aromatic rings. The zero-order valence-corrected chi connectivity index (χ0v) is 12.6. The number of phenolic OH excluding ortho intramolecular Hbond substituents is 2. The van der Waals surface area contributed by atoms with Crippen LogP contribution in [0.2, 0.25) is 0 Å². The first-order chi connectivity index (χ1) is 11.0. The van der Waals surface area contributed by atoms with Crippen molar-refractivity contribution in [2.75, 3.05) is 0 Å². The molecule has 0 aromatic heterocycles. The molecule has 4 heteroatoms. The first-order valence-corrected chi connectivity index (χ1v) is 7.57. The number of aliphatic hydroxyl groups is 1. The molecule has 0 radical (unpaired) electrons. The molecule has 4 bridgehead atoms. The molecule has 1 atom stereocenters. The zero-order valence-electron chi connectivity index (χ0n) is 12.6. The monoisotopic (exact) mass is 310 g/mol. The Hall–Kier alpha value is -2.59. The molecular formula is C19H18O4. The average Bonchev–Trinajstić information content (AvgIpc) is 2.54. The molecule has 0 fully saturated rings. The van der Waals surface area contributed by atoms with E-state index >= 15 is 0 Å². The molecule has 0 saturated heterocycles. The van der Waals surface area contributed by atoms with Gasteiger partial charge in [-0.2, -0.15) is 0 Å². The second kappa shape index (κ2) is 6.26. The van der Waals surface area contributed by atoms with Gasteiger partial charge in [-0.1, -0.05) is 18.2 Å². The van der Waals surface area contributed by atoms with E-state index < -0.39 is 6.10 Å². The average molecular weight is 310 g/mol. The minimum Gasteiger partial charge on any atom is -0.507 e. The van der Waals surface area contributed by atoms with Crippen molar-refractivity contribution in [3.8, 4) is 22.6 Å². The maximum Gasteiger partial charge on any atom is 0.184 e. The SMILES string of the molecule is O=C1/C=C/CCc2ccc(O)c(c2)-c2cc(ccc2O)C[C@H]1O. The van der Waals surface area contributed by atoms with Gasteiger partial charge in [-0.15, -0.1) is 0 Å². The number of hydrogen-bond donors (Lipinski definition) is 3. The molecule has 3 rings (SSSR count). The van der Waals surface area contributed by atoms with Crippen LogP contribution in [-0.2, 0) is 17.6 Å². The number of ketones is 1. The first kappa shape index (κ1) is 15.3. The van der Waals surface area contributed by atoms with Crippen LogP contribution in [0.1, 0.15) is 17.5 Å². The zero-order chi connectivity index (χ0) is 16.4. The summed E-state index contributed by atoms with van der Waals surface area (Å²) in [4.78, 5) is 11.9. The number of allylic oxidation sites excluding steroid dienone is 1. The van der Waals surface area contributed by atoms with Crippen molar-refractivity contribution in [2.45, 2.75) is 25.4 Å². The van der Waals surface area contributed by atoms with Gasteiger partial charge in [0.1, 0.15) is 17.6 Å². The minimum absolute atomic E-state index is 0.0509. The lowest BCUT2D eigenvalue weighted by Crippen LogP contribution is -2.20. The molecule has 0 aliphatic heterocycles. The quantitative estimate of drug-likeness (QED) is 0.699. The molecular weight excluding hydrogens is 292 g/mol. The minimum atomic E-state index is -1.11. The van der Waals surface area contributed by atoms with Crippen molar-refractivity contribution in [1.29, 1.82) is 0 Å². The fourth-order valence-electron chi connectivity index (χ4n) is 2.76. The molecule has 0 spiro atoms. The number of fused-ring (bicyclic) bond motifs is 5. The third kappa shape index (κ3) is 3.27. The highest BCUT2D eigenvalue weighted by Gasteiger charge is 2.16. The second-order valence-corrected chi connectivity index (χ2v) is 5.77. The largest absolute Gasteiger partial charge is 0.507 e. The van der Waals surface area contributed by atoms with Crippen LogP contribution in [0.4, 0.5) is 0 Å². The van der Waals surface area contributed by atoms with Crippen LogP contribution < -0.4 is 0 Å². The lowest BCUT2D eigenvalue weighted by molar-refractivity contribution is -0.122. The van der Waals surface area contributed by atoms with Crippen LogP contribution in [0.3, 0.4) is 0 Å². The molecule has 0 amide bonds.